The van der Waals surface area contributed by atoms with Crippen LogP contribution in [0.15, 0.2) is 41.4 Å². The van der Waals surface area contributed by atoms with Crippen LogP contribution in [0.1, 0.15) is 30.5 Å². The van der Waals surface area contributed by atoms with Crippen LogP contribution in [-0.4, -0.2) is 33.8 Å². The Kier molecular flexibility index (Phi) is 11.3. The number of rotatable bonds is 9. The average Bonchev–Trinajstić information content (AvgIpc) is 2.74. The molecule has 0 saturated heterocycles. The summed E-state index contributed by atoms with van der Waals surface area (Å²) in [6, 6.07) is 12.3. The van der Waals surface area contributed by atoms with Crippen LogP contribution in [0, 0.1) is 0 Å². The van der Waals surface area contributed by atoms with Crippen LogP contribution in [0.2, 0.25) is 0 Å². The van der Waals surface area contributed by atoms with E-state index in [1.54, 1.807) is 21.3 Å². The number of aliphatic imine (C=N–C) groups is 1. The number of hydrogen-bond acceptors (Lipinski definition) is 4. The van der Waals surface area contributed by atoms with Crippen LogP contribution in [-0.2, 0) is 19.5 Å². The Morgan fingerprint density at radius 2 is 1.52 bits per heavy atom. The summed E-state index contributed by atoms with van der Waals surface area (Å²) in [5, 5.41) is 6.71. The summed E-state index contributed by atoms with van der Waals surface area (Å²) in [6.45, 7) is 5.94. The van der Waals surface area contributed by atoms with Gasteiger partial charge in [0.1, 0.15) is 0 Å². The molecule has 7 heteroatoms. The second kappa shape index (κ2) is 13.1. The number of aryl methyl sites for hydroxylation is 1. The van der Waals surface area contributed by atoms with Crippen molar-refractivity contribution in [2.75, 3.05) is 27.9 Å². The van der Waals surface area contributed by atoms with Gasteiger partial charge in [-0.25, -0.2) is 0 Å². The molecule has 0 bridgehead atoms. The molecule has 2 N–H and O–H groups in total. The summed E-state index contributed by atoms with van der Waals surface area (Å²) in [5.41, 5.74) is 3.62. The van der Waals surface area contributed by atoms with E-state index in [-0.39, 0.29) is 24.0 Å². The third kappa shape index (κ3) is 6.99. The SMILES string of the molecule is CCOc1c(OC)cc(CNC(=NC)NCc2ccccc2CC)cc1OC.I. The van der Waals surface area contributed by atoms with Gasteiger partial charge in [0.25, 0.3) is 0 Å². The van der Waals surface area contributed by atoms with Gasteiger partial charge in [0.05, 0.1) is 20.8 Å². The predicted molar refractivity (Wildman–Crippen MR) is 129 cm³/mol. The fourth-order valence-corrected chi connectivity index (χ4v) is 2.98. The van der Waals surface area contributed by atoms with E-state index in [4.69, 9.17) is 14.2 Å². The Bertz CT molecular complexity index is 772. The first-order valence-corrected chi connectivity index (χ1v) is 9.55. The van der Waals surface area contributed by atoms with Gasteiger partial charge in [-0.05, 0) is 42.2 Å². The van der Waals surface area contributed by atoms with Gasteiger partial charge in [0.2, 0.25) is 5.75 Å². The highest BCUT2D eigenvalue weighted by Crippen LogP contribution is 2.38. The molecule has 0 spiro atoms. The minimum absolute atomic E-state index is 0. The molecule has 0 saturated carbocycles. The van der Waals surface area contributed by atoms with Crippen molar-refractivity contribution in [3.63, 3.8) is 0 Å². The standard InChI is InChI=1S/C22H31N3O3.HI/c1-6-17-10-8-9-11-18(17)15-25-22(23-3)24-14-16-12-19(26-4)21(28-7-2)20(13-16)27-5;/h8-13H,6-7,14-15H2,1-5H3,(H2,23,24,25);1H. The Morgan fingerprint density at radius 3 is 2.03 bits per heavy atom. The molecular formula is C22H32IN3O3. The highest BCUT2D eigenvalue weighted by atomic mass is 127. The van der Waals surface area contributed by atoms with E-state index >= 15 is 0 Å². The minimum atomic E-state index is 0. The lowest BCUT2D eigenvalue weighted by Gasteiger charge is -2.17. The summed E-state index contributed by atoms with van der Waals surface area (Å²) in [6.07, 6.45) is 1.01. The molecule has 0 radical (unpaired) electrons. The Balaban J connectivity index is 0.00000420. The molecule has 2 aromatic carbocycles. The molecule has 0 heterocycles. The topological polar surface area (TPSA) is 64.1 Å². The van der Waals surface area contributed by atoms with Crippen LogP contribution in [0.3, 0.4) is 0 Å². The average molecular weight is 513 g/mol. The van der Waals surface area contributed by atoms with E-state index < -0.39 is 0 Å². The smallest absolute Gasteiger partial charge is 0.203 e. The molecule has 160 valence electrons. The first kappa shape index (κ1) is 24.9. The summed E-state index contributed by atoms with van der Waals surface area (Å²) in [5.74, 6) is 2.66. The maximum absolute atomic E-state index is 5.65. The van der Waals surface area contributed by atoms with E-state index in [1.807, 2.05) is 19.1 Å². The molecule has 0 aliphatic heterocycles. The lowest BCUT2D eigenvalue weighted by molar-refractivity contribution is 0.288. The van der Waals surface area contributed by atoms with E-state index in [2.05, 4.69) is 46.8 Å². The lowest BCUT2D eigenvalue weighted by atomic mass is 10.1. The fourth-order valence-electron chi connectivity index (χ4n) is 2.98. The first-order valence-electron chi connectivity index (χ1n) is 9.55. The zero-order chi connectivity index (χ0) is 20.4. The van der Waals surface area contributed by atoms with Gasteiger partial charge in [-0.3, -0.25) is 4.99 Å². The van der Waals surface area contributed by atoms with Crippen molar-refractivity contribution in [2.24, 2.45) is 4.99 Å². The maximum atomic E-state index is 5.65. The molecule has 29 heavy (non-hydrogen) atoms. The number of guanidine groups is 1. The van der Waals surface area contributed by atoms with Gasteiger partial charge >= 0.3 is 0 Å². The van der Waals surface area contributed by atoms with Crippen molar-refractivity contribution >= 4 is 29.9 Å². The second-order valence-corrected chi connectivity index (χ2v) is 6.16. The lowest BCUT2D eigenvalue weighted by Crippen LogP contribution is -2.36. The van der Waals surface area contributed by atoms with Crippen molar-refractivity contribution in [2.45, 2.75) is 33.4 Å². The first-order chi connectivity index (χ1) is 13.7. The highest BCUT2D eigenvalue weighted by Gasteiger charge is 2.14. The Morgan fingerprint density at radius 1 is 0.931 bits per heavy atom. The normalized spacial score (nSPS) is 10.7. The van der Waals surface area contributed by atoms with Gasteiger partial charge in [0.15, 0.2) is 17.5 Å². The largest absolute Gasteiger partial charge is 0.493 e. The number of nitrogens with zero attached hydrogens (tertiary/aromatic N) is 1. The molecule has 0 atom stereocenters. The van der Waals surface area contributed by atoms with Crippen molar-refractivity contribution in [3.05, 3.63) is 53.1 Å². The Hall–Kier alpha value is -2.16. The molecule has 2 rings (SSSR count). The molecule has 0 fully saturated rings. The van der Waals surface area contributed by atoms with Gasteiger partial charge in [-0.1, -0.05) is 31.2 Å². The molecule has 0 aromatic heterocycles. The molecule has 6 nitrogen and oxygen atoms in total. The van der Waals surface area contributed by atoms with Crippen molar-refractivity contribution in [3.8, 4) is 17.2 Å². The summed E-state index contributed by atoms with van der Waals surface area (Å²) < 4.78 is 16.6. The van der Waals surface area contributed by atoms with Gasteiger partial charge in [-0.15, -0.1) is 24.0 Å². The monoisotopic (exact) mass is 513 g/mol. The number of nitrogens with one attached hydrogen (secondary N) is 2. The zero-order valence-electron chi connectivity index (χ0n) is 17.9. The van der Waals surface area contributed by atoms with E-state index in [0.717, 1.165) is 24.5 Å². The summed E-state index contributed by atoms with van der Waals surface area (Å²) >= 11 is 0. The molecule has 0 amide bonds. The number of ether oxygens (including phenoxy) is 3. The van der Waals surface area contributed by atoms with Crippen molar-refractivity contribution in [1.29, 1.82) is 0 Å². The number of methoxy groups -OCH3 is 2. The third-order valence-corrected chi connectivity index (χ3v) is 4.44. The zero-order valence-corrected chi connectivity index (χ0v) is 20.2. The number of benzene rings is 2. The molecule has 0 unspecified atom stereocenters. The number of halogens is 1. The number of hydrogen-bond donors (Lipinski definition) is 2. The van der Waals surface area contributed by atoms with Gasteiger partial charge in [0, 0.05) is 20.1 Å². The third-order valence-electron chi connectivity index (χ3n) is 4.44. The van der Waals surface area contributed by atoms with Gasteiger partial charge < -0.3 is 24.8 Å². The molecule has 0 aliphatic carbocycles. The quantitative estimate of drug-likeness (QED) is 0.300. The van der Waals surface area contributed by atoms with Crippen LogP contribution >= 0.6 is 24.0 Å². The predicted octanol–water partition coefficient (Wildman–Crippen LogP) is 4.15. The minimum Gasteiger partial charge on any atom is -0.493 e. The van der Waals surface area contributed by atoms with E-state index in [0.29, 0.717) is 30.4 Å². The Labute approximate surface area is 191 Å². The summed E-state index contributed by atoms with van der Waals surface area (Å²) in [4.78, 5) is 4.31. The summed E-state index contributed by atoms with van der Waals surface area (Å²) in [7, 11) is 5.01. The van der Waals surface area contributed by atoms with E-state index in [9.17, 15) is 0 Å². The molecular weight excluding hydrogens is 481 g/mol. The fraction of sp³-hybridized carbons (Fsp3) is 0.409. The van der Waals surface area contributed by atoms with Crippen LogP contribution in [0.25, 0.3) is 0 Å². The van der Waals surface area contributed by atoms with E-state index in [1.165, 1.54) is 11.1 Å². The van der Waals surface area contributed by atoms with Crippen LogP contribution in [0.5, 0.6) is 17.2 Å². The second-order valence-electron chi connectivity index (χ2n) is 6.16. The van der Waals surface area contributed by atoms with Crippen LogP contribution < -0.4 is 24.8 Å². The van der Waals surface area contributed by atoms with Crippen LogP contribution in [0.4, 0.5) is 0 Å². The molecule has 2 aromatic rings. The highest BCUT2D eigenvalue weighted by molar-refractivity contribution is 14.0. The van der Waals surface area contributed by atoms with Crippen molar-refractivity contribution in [1.82, 2.24) is 10.6 Å². The molecule has 0 aliphatic rings. The maximum Gasteiger partial charge on any atom is 0.203 e. The van der Waals surface area contributed by atoms with Crippen molar-refractivity contribution < 1.29 is 14.2 Å². The van der Waals surface area contributed by atoms with Gasteiger partial charge in [-0.2, -0.15) is 0 Å².